The number of carboxylic acid groups (broad SMARTS) is 1. The molecule has 0 saturated carbocycles. The van der Waals surface area contributed by atoms with Crippen LogP contribution in [0.15, 0.2) is 41.7 Å². The average Bonchev–Trinajstić information content (AvgIpc) is 2.67. The summed E-state index contributed by atoms with van der Waals surface area (Å²) in [5.74, 6) is -0.327. The molecule has 0 bridgehead atoms. The molecule has 3 rings (SSSR count). The molecular weight excluding hydrogens is 390 g/mol. The van der Waals surface area contributed by atoms with Crippen molar-refractivity contribution in [3.05, 3.63) is 47.9 Å². The molecule has 0 spiro atoms. The fraction of sp³-hybridized carbons (Fsp3) is 0.333. The molecule has 1 saturated heterocycles. The third-order valence-corrected chi connectivity index (χ3v) is 4.96. The Morgan fingerprint density at radius 1 is 1.22 bits per heavy atom. The van der Waals surface area contributed by atoms with Gasteiger partial charge in [-0.15, -0.1) is 24.2 Å². The van der Waals surface area contributed by atoms with Crippen LogP contribution in [0, 0.1) is 0 Å². The minimum absolute atomic E-state index is 0. The van der Waals surface area contributed by atoms with E-state index in [1.54, 1.807) is 24.7 Å². The Bertz CT molecular complexity index is 785. The maximum Gasteiger partial charge on any atom is 0.307 e. The van der Waals surface area contributed by atoms with Crippen LogP contribution in [0.4, 0.5) is 5.82 Å². The van der Waals surface area contributed by atoms with Gasteiger partial charge in [-0.2, -0.15) is 0 Å². The predicted molar refractivity (Wildman–Crippen MR) is 105 cm³/mol. The van der Waals surface area contributed by atoms with Crippen LogP contribution in [0.1, 0.15) is 15.9 Å². The highest BCUT2D eigenvalue weighted by molar-refractivity contribution is 8.00. The SMILES string of the molecule is Cl.O=C(O)Cc1c(C(=O)CSc2cccnc2)ccnc1N1CCOCC1. The highest BCUT2D eigenvalue weighted by atomic mass is 35.5. The van der Waals surface area contributed by atoms with E-state index in [1.165, 1.54) is 11.8 Å². The minimum atomic E-state index is -0.985. The smallest absolute Gasteiger partial charge is 0.307 e. The zero-order valence-corrected chi connectivity index (χ0v) is 16.2. The number of aromatic nitrogens is 2. The van der Waals surface area contributed by atoms with Crippen LogP contribution in [0.2, 0.25) is 0 Å². The number of ether oxygens (including phenoxy) is 1. The molecule has 0 amide bonds. The molecule has 1 aliphatic heterocycles. The van der Waals surface area contributed by atoms with E-state index in [0.717, 1.165) is 4.90 Å². The van der Waals surface area contributed by atoms with Gasteiger partial charge >= 0.3 is 5.97 Å². The Labute approximate surface area is 167 Å². The van der Waals surface area contributed by atoms with Crippen molar-refractivity contribution in [1.82, 2.24) is 9.97 Å². The number of nitrogens with zero attached hydrogens (tertiary/aromatic N) is 3. The standard InChI is InChI=1S/C18H19N3O4S.ClH/c22-16(12-26-13-2-1-4-19-11-13)14-3-5-20-18(15(14)10-17(23)24)21-6-8-25-9-7-21;/h1-5,11H,6-10,12H2,(H,23,24);1H. The fourth-order valence-electron chi connectivity index (χ4n) is 2.77. The number of ketones is 1. The second kappa shape index (κ2) is 10.2. The highest BCUT2D eigenvalue weighted by Crippen LogP contribution is 2.25. The van der Waals surface area contributed by atoms with Gasteiger partial charge in [-0.3, -0.25) is 14.6 Å². The van der Waals surface area contributed by atoms with E-state index in [4.69, 9.17) is 4.74 Å². The normalized spacial score (nSPS) is 13.7. The monoisotopic (exact) mass is 409 g/mol. The molecule has 0 aliphatic carbocycles. The number of carbonyl (C=O) groups is 2. The largest absolute Gasteiger partial charge is 0.481 e. The molecule has 1 fully saturated rings. The first-order chi connectivity index (χ1) is 12.6. The van der Waals surface area contributed by atoms with Gasteiger partial charge in [0.2, 0.25) is 0 Å². The van der Waals surface area contributed by atoms with E-state index in [9.17, 15) is 14.7 Å². The highest BCUT2D eigenvalue weighted by Gasteiger charge is 2.23. The van der Waals surface area contributed by atoms with Crippen LogP contribution < -0.4 is 4.90 Å². The molecule has 144 valence electrons. The number of carboxylic acids is 1. The average molecular weight is 410 g/mol. The third kappa shape index (κ3) is 5.66. The first kappa shape index (κ1) is 21.1. The van der Waals surface area contributed by atoms with Crippen LogP contribution in [0.5, 0.6) is 0 Å². The zero-order valence-electron chi connectivity index (χ0n) is 14.5. The predicted octanol–water partition coefficient (Wildman–Crippen LogP) is 2.34. The van der Waals surface area contributed by atoms with Crippen molar-refractivity contribution in [1.29, 1.82) is 0 Å². The van der Waals surface area contributed by atoms with Crippen molar-refractivity contribution < 1.29 is 19.4 Å². The molecule has 7 nitrogen and oxygen atoms in total. The lowest BCUT2D eigenvalue weighted by atomic mass is 10.0. The molecular formula is C18H20ClN3O4S. The number of aliphatic carboxylic acids is 1. The Morgan fingerprint density at radius 2 is 2.00 bits per heavy atom. The van der Waals surface area contributed by atoms with Gasteiger partial charge in [0, 0.05) is 47.7 Å². The zero-order chi connectivity index (χ0) is 18.4. The number of hydrogen-bond acceptors (Lipinski definition) is 7. The van der Waals surface area contributed by atoms with Gasteiger partial charge in [0.1, 0.15) is 5.82 Å². The first-order valence-corrected chi connectivity index (χ1v) is 9.22. The quantitative estimate of drug-likeness (QED) is 0.550. The summed E-state index contributed by atoms with van der Waals surface area (Å²) in [5.41, 5.74) is 0.888. The lowest BCUT2D eigenvalue weighted by molar-refractivity contribution is -0.136. The summed E-state index contributed by atoms with van der Waals surface area (Å²) in [4.78, 5) is 35.4. The van der Waals surface area contributed by atoms with E-state index < -0.39 is 5.97 Å². The summed E-state index contributed by atoms with van der Waals surface area (Å²) in [6, 6.07) is 5.30. The third-order valence-electron chi connectivity index (χ3n) is 3.98. The van der Waals surface area contributed by atoms with Gasteiger partial charge in [0.25, 0.3) is 0 Å². The number of anilines is 1. The molecule has 1 aliphatic rings. The fourth-order valence-corrected chi connectivity index (χ4v) is 3.54. The molecule has 0 aromatic carbocycles. The Kier molecular flexibility index (Phi) is 8.02. The molecule has 1 N–H and O–H groups in total. The van der Waals surface area contributed by atoms with E-state index in [0.29, 0.717) is 43.2 Å². The van der Waals surface area contributed by atoms with Gasteiger partial charge in [-0.05, 0) is 18.2 Å². The lowest BCUT2D eigenvalue weighted by Gasteiger charge is -2.29. The van der Waals surface area contributed by atoms with E-state index in [-0.39, 0.29) is 30.4 Å². The van der Waals surface area contributed by atoms with Crippen LogP contribution in [0.3, 0.4) is 0 Å². The maximum atomic E-state index is 12.8. The summed E-state index contributed by atoms with van der Waals surface area (Å²) in [7, 11) is 0. The van der Waals surface area contributed by atoms with Gasteiger partial charge in [0.05, 0.1) is 25.4 Å². The molecule has 2 aromatic rings. The van der Waals surface area contributed by atoms with Gasteiger partial charge < -0.3 is 14.7 Å². The summed E-state index contributed by atoms with van der Waals surface area (Å²) in [5, 5.41) is 9.31. The number of thioether (sulfide) groups is 1. The summed E-state index contributed by atoms with van der Waals surface area (Å²) in [6.07, 6.45) is 4.70. The molecule has 0 atom stereocenters. The van der Waals surface area contributed by atoms with Crippen molar-refractivity contribution in [2.75, 3.05) is 37.0 Å². The van der Waals surface area contributed by atoms with E-state index >= 15 is 0 Å². The number of carbonyl (C=O) groups excluding carboxylic acids is 1. The summed E-state index contributed by atoms with van der Waals surface area (Å²) >= 11 is 1.38. The second-order valence-electron chi connectivity index (χ2n) is 5.73. The van der Waals surface area contributed by atoms with Gasteiger partial charge in [-0.25, -0.2) is 4.98 Å². The van der Waals surface area contributed by atoms with Crippen molar-refractivity contribution in [2.45, 2.75) is 11.3 Å². The van der Waals surface area contributed by atoms with Crippen LogP contribution >= 0.6 is 24.2 Å². The van der Waals surface area contributed by atoms with Crippen molar-refractivity contribution in [3.63, 3.8) is 0 Å². The van der Waals surface area contributed by atoms with Crippen molar-refractivity contribution >= 4 is 41.7 Å². The molecule has 3 heterocycles. The lowest BCUT2D eigenvalue weighted by Crippen LogP contribution is -2.37. The van der Waals surface area contributed by atoms with Crippen LogP contribution in [0.25, 0.3) is 0 Å². The topological polar surface area (TPSA) is 92.6 Å². The number of hydrogen-bond donors (Lipinski definition) is 1. The van der Waals surface area contributed by atoms with Crippen LogP contribution in [-0.4, -0.2) is 58.9 Å². The first-order valence-electron chi connectivity index (χ1n) is 8.23. The molecule has 0 unspecified atom stereocenters. The number of Topliss-reactive ketones (excluding diaryl/α,β-unsaturated/α-hetero) is 1. The van der Waals surface area contributed by atoms with Gasteiger partial charge in [0.15, 0.2) is 5.78 Å². The molecule has 0 radical (unpaired) electrons. The maximum absolute atomic E-state index is 12.8. The second-order valence-corrected chi connectivity index (χ2v) is 6.78. The number of halogens is 1. The number of pyridine rings is 2. The Balaban J connectivity index is 0.00000261. The molecule has 27 heavy (non-hydrogen) atoms. The Morgan fingerprint density at radius 3 is 2.67 bits per heavy atom. The van der Waals surface area contributed by atoms with Crippen molar-refractivity contribution in [2.24, 2.45) is 0 Å². The van der Waals surface area contributed by atoms with E-state index in [2.05, 4.69) is 9.97 Å². The van der Waals surface area contributed by atoms with Crippen LogP contribution in [-0.2, 0) is 16.0 Å². The Hall–Kier alpha value is -2.16. The molecule has 2 aromatic heterocycles. The van der Waals surface area contributed by atoms with Gasteiger partial charge in [-0.1, -0.05) is 0 Å². The number of morpholine rings is 1. The van der Waals surface area contributed by atoms with E-state index in [1.807, 2.05) is 17.0 Å². The molecule has 9 heteroatoms. The summed E-state index contributed by atoms with van der Waals surface area (Å²) < 4.78 is 5.35. The van der Waals surface area contributed by atoms with Crippen molar-refractivity contribution in [3.8, 4) is 0 Å². The summed E-state index contributed by atoms with van der Waals surface area (Å²) in [6.45, 7) is 2.37. The number of rotatable bonds is 7. The minimum Gasteiger partial charge on any atom is -0.481 e.